The first-order chi connectivity index (χ1) is 10.8. The number of hydrogen-bond acceptors (Lipinski definition) is 4. The van der Waals surface area contributed by atoms with Crippen LogP contribution in [0.1, 0.15) is 33.1 Å². The minimum atomic E-state index is -3.24. The molecule has 8 heteroatoms. The Morgan fingerprint density at radius 2 is 2.00 bits per heavy atom. The summed E-state index contributed by atoms with van der Waals surface area (Å²) in [5.41, 5.74) is 0.598. The van der Waals surface area contributed by atoms with Gasteiger partial charge in [-0.2, -0.15) is 0 Å². The van der Waals surface area contributed by atoms with E-state index in [1.165, 1.54) is 7.11 Å². The molecule has 0 saturated carbocycles. The van der Waals surface area contributed by atoms with Crippen LogP contribution in [0.25, 0.3) is 0 Å². The molecule has 1 aromatic rings. The number of rotatable bonds is 9. The molecule has 0 bridgehead atoms. The molecule has 1 rings (SSSR count). The van der Waals surface area contributed by atoms with Gasteiger partial charge in [-0.05, 0) is 44.9 Å². The maximum atomic E-state index is 11.8. The van der Waals surface area contributed by atoms with Gasteiger partial charge in [0.25, 0.3) is 0 Å². The van der Waals surface area contributed by atoms with Gasteiger partial charge in [0, 0.05) is 18.7 Å². The fraction of sp³-hybridized carbons (Fsp3) is 0.533. The molecule has 2 N–H and O–H groups in total. The van der Waals surface area contributed by atoms with E-state index in [4.69, 9.17) is 16.3 Å². The topological polar surface area (TPSA) is 84.5 Å². The summed E-state index contributed by atoms with van der Waals surface area (Å²) in [6, 6.07) is 5.01. The second-order valence-corrected chi connectivity index (χ2v) is 8.07. The van der Waals surface area contributed by atoms with Crippen LogP contribution in [0, 0.1) is 0 Å². The van der Waals surface area contributed by atoms with Crippen molar-refractivity contribution in [3.8, 4) is 5.75 Å². The van der Waals surface area contributed by atoms with Crippen LogP contribution in [0.15, 0.2) is 18.2 Å². The van der Waals surface area contributed by atoms with E-state index in [0.29, 0.717) is 42.3 Å². The first-order valence-corrected chi connectivity index (χ1v) is 9.30. The van der Waals surface area contributed by atoms with E-state index < -0.39 is 15.3 Å². The second-order valence-electron chi connectivity index (χ2n) is 5.34. The number of halogens is 1. The summed E-state index contributed by atoms with van der Waals surface area (Å²) >= 11 is 5.99. The number of carbonyl (C=O) groups excluding carboxylic acids is 1. The predicted octanol–water partition coefficient (Wildman–Crippen LogP) is 2.79. The third-order valence-corrected chi connectivity index (χ3v) is 5.33. The lowest BCUT2D eigenvalue weighted by molar-refractivity contribution is -0.116. The van der Waals surface area contributed by atoms with Crippen LogP contribution in [0.2, 0.25) is 5.02 Å². The molecule has 0 spiro atoms. The van der Waals surface area contributed by atoms with Crippen molar-refractivity contribution in [1.82, 2.24) is 4.72 Å². The number of amides is 1. The number of benzene rings is 1. The van der Waals surface area contributed by atoms with Gasteiger partial charge in [-0.3, -0.25) is 4.79 Å². The van der Waals surface area contributed by atoms with E-state index in [2.05, 4.69) is 10.0 Å². The minimum absolute atomic E-state index is 0.141. The highest BCUT2D eigenvalue weighted by Crippen LogP contribution is 2.27. The Kier molecular flexibility index (Phi) is 7.81. The SMILES string of the molecule is COc1ccc(NC(=O)CCCCNS(=O)(=O)C(C)C)cc1Cl. The van der Waals surface area contributed by atoms with E-state index in [-0.39, 0.29) is 5.91 Å². The number of unbranched alkanes of at least 4 members (excludes halogenated alkanes) is 1. The van der Waals surface area contributed by atoms with Gasteiger partial charge in [0.05, 0.1) is 17.4 Å². The molecule has 0 saturated heterocycles. The molecule has 23 heavy (non-hydrogen) atoms. The number of methoxy groups -OCH3 is 1. The first-order valence-electron chi connectivity index (χ1n) is 7.38. The molecular formula is C15H23ClN2O4S. The first kappa shape index (κ1) is 19.7. The van der Waals surface area contributed by atoms with Crippen molar-refractivity contribution in [2.45, 2.75) is 38.4 Å². The Morgan fingerprint density at radius 1 is 1.30 bits per heavy atom. The zero-order valence-electron chi connectivity index (χ0n) is 13.6. The van der Waals surface area contributed by atoms with Crippen LogP contribution in [-0.4, -0.2) is 33.2 Å². The Balaban J connectivity index is 2.31. The fourth-order valence-corrected chi connectivity index (χ4v) is 2.78. The van der Waals surface area contributed by atoms with E-state index >= 15 is 0 Å². The van der Waals surface area contributed by atoms with Crippen LogP contribution in [-0.2, 0) is 14.8 Å². The lowest BCUT2D eigenvalue weighted by Crippen LogP contribution is -2.31. The smallest absolute Gasteiger partial charge is 0.224 e. The molecular weight excluding hydrogens is 340 g/mol. The van der Waals surface area contributed by atoms with Crippen molar-refractivity contribution in [1.29, 1.82) is 0 Å². The molecule has 6 nitrogen and oxygen atoms in total. The number of nitrogens with one attached hydrogen (secondary N) is 2. The summed E-state index contributed by atoms with van der Waals surface area (Å²) in [6.07, 6.45) is 1.51. The second kappa shape index (κ2) is 9.10. The number of ether oxygens (including phenoxy) is 1. The van der Waals surface area contributed by atoms with Crippen molar-refractivity contribution < 1.29 is 17.9 Å². The molecule has 1 amide bonds. The van der Waals surface area contributed by atoms with E-state index in [9.17, 15) is 13.2 Å². The maximum Gasteiger partial charge on any atom is 0.224 e. The molecule has 0 atom stereocenters. The standard InChI is InChI=1S/C15H23ClN2O4S/c1-11(2)23(20,21)17-9-5-4-6-15(19)18-12-7-8-14(22-3)13(16)10-12/h7-8,10-11,17H,4-6,9H2,1-3H3,(H,18,19). The molecule has 0 fully saturated rings. The summed E-state index contributed by atoms with van der Waals surface area (Å²) in [7, 11) is -1.72. The van der Waals surface area contributed by atoms with Crippen molar-refractivity contribution >= 4 is 33.2 Å². The molecule has 0 aliphatic carbocycles. The highest BCUT2D eigenvalue weighted by molar-refractivity contribution is 7.90. The van der Waals surface area contributed by atoms with Gasteiger partial charge in [-0.15, -0.1) is 0 Å². The highest BCUT2D eigenvalue weighted by atomic mass is 35.5. The summed E-state index contributed by atoms with van der Waals surface area (Å²) in [5, 5.41) is 2.71. The highest BCUT2D eigenvalue weighted by Gasteiger charge is 2.14. The molecule has 130 valence electrons. The third kappa shape index (κ3) is 6.76. The molecule has 0 heterocycles. The summed E-state index contributed by atoms with van der Waals surface area (Å²) in [6.45, 7) is 3.58. The quantitative estimate of drug-likeness (QED) is 0.661. The normalized spacial score (nSPS) is 11.5. The minimum Gasteiger partial charge on any atom is -0.495 e. The Labute approximate surface area is 142 Å². The zero-order valence-corrected chi connectivity index (χ0v) is 15.1. The van der Waals surface area contributed by atoms with E-state index in [1.54, 1.807) is 32.0 Å². The van der Waals surface area contributed by atoms with Gasteiger partial charge < -0.3 is 10.1 Å². The Morgan fingerprint density at radius 3 is 2.57 bits per heavy atom. The number of sulfonamides is 1. The van der Waals surface area contributed by atoms with Gasteiger partial charge in [0.15, 0.2) is 0 Å². The molecule has 0 aromatic heterocycles. The van der Waals surface area contributed by atoms with Crippen molar-refractivity contribution in [2.24, 2.45) is 0 Å². The fourth-order valence-electron chi connectivity index (χ4n) is 1.76. The summed E-state index contributed by atoms with van der Waals surface area (Å²) in [4.78, 5) is 11.8. The van der Waals surface area contributed by atoms with Crippen molar-refractivity contribution in [3.05, 3.63) is 23.2 Å². The third-order valence-electron chi connectivity index (χ3n) is 3.19. The average molecular weight is 363 g/mol. The Hall–Kier alpha value is -1.31. The molecule has 0 unspecified atom stereocenters. The van der Waals surface area contributed by atoms with E-state index in [0.717, 1.165) is 0 Å². The van der Waals surface area contributed by atoms with Crippen LogP contribution < -0.4 is 14.8 Å². The lowest BCUT2D eigenvalue weighted by Gasteiger charge is -2.10. The zero-order chi connectivity index (χ0) is 17.5. The summed E-state index contributed by atoms with van der Waals surface area (Å²) in [5.74, 6) is 0.403. The molecule has 1 aromatic carbocycles. The monoisotopic (exact) mass is 362 g/mol. The Bertz CT molecular complexity index is 632. The van der Waals surface area contributed by atoms with Gasteiger partial charge in [0.1, 0.15) is 5.75 Å². The van der Waals surface area contributed by atoms with Gasteiger partial charge in [-0.1, -0.05) is 11.6 Å². The molecule has 0 aliphatic heterocycles. The lowest BCUT2D eigenvalue weighted by atomic mass is 10.2. The van der Waals surface area contributed by atoms with Crippen LogP contribution in [0.5, 0.6) is 5.75 Å². The van der Waals surface area contributed by atoms with Crippen molar-refractivity contribution in [3.63, 3.8) is 0 Å². The summed E-state index contributed by atoms with van der Waals surface area (Å²) < 4.78 is 30.6. The maximum absolute atomic E-state index is 11.8. The number of carbonyl (C=O) groups is 1. The largest absolute Gasteiger partial charge is 0.495 e. The van der Waals surface area contributed by atoms with Crippen molar-refractivity contribution in [2.75, 3.05) is 19.0 Å². The molecule has 0 radical (unpaired) electrons. The predicted molar refractivity (Wildman–Crippen MR) is 92.5 cm³/mol. The van der Waals surface area contributed by atoms with Crippen LogP contribution in [0.3, 0.4) is 0 Å². The van der Waals surface area contributed by atoms with Crippen LogP contribution in [0.4, 0.5) is 5.69 Å². The van der Waals surface area contributed by atoms with E-state index in [1.807, 2.05) is 0 Å². The van der Waals surface area contributed by atoms with Gasteiger partial charge in [0.2, 0.25) is 15.9 Å². The number of anilines is 1. The number of hydrogen-bond donors (Lipinski definition) is 2. The van der Waals surface area contributed by atoms with Gasteiger partial charge in [-0.25, -0.2) is 13.1 Å². The molecule has 0 aliphatic rings. The van der Waals surface area contributed by atoms with Crippen LogP contribution >= 0.6 is 11.6 Å². The average Bonchev–Trinajstić information content (AvgIpc) is 2.46. The van der Waals surface area contributed by atoms with Gasteiger partial charge >= 0.3 is 0 Å².